The Morgan fingerprint density at radius 1 is 0.731 bits per heavy atom. The molecule has 4 nitrogen and oxygen atoms in total. The van der Waals surface area contributed by atoms with Crippen LogP contribution < -0.4 is 9.47 Å². The fourth-order valence-electron chi connectivity index (χ4n) is 3.18. The van der Waals surface area contributed by atoms with E-state index in [0.717, 1.165) is 28.2 Å². The van der Waals surface area contributed by atoms with Gasteiger partial charge >= 0.3 is 0 Å². The standard InChI is InChI=1S/C22H18N2O2/c1-25-16-12-11-15(21(13-16)26-2)14-23-24-22-19-9-5-3-7-17(19)18-8-4-6-10-20(18)22/h3-14H,1-2H3. The molecule has 0 unspecified atom stereocenters. The molecule has 0 spiro atoms. The lowest BCUT2D eigenvalue weighted by Crippen LogP contribution is -1.97. The lowest BCUT2D eigenvalue weighted by atomic mass is 10.1. The summed E-state index contributed by atoms with van der Waals surface area (Å²) >= 11 is 0. The number of rotatable bonds is 4. The Kier molecular flexibility index (Phi) is 4.23. The van der Waals surface area contributed by atoms with Crippen LogP contribution in [0.3, 0.4) is 0 Å². The molecule has 1 aliphatic rings. The van der Waals surface area contributed by atoms with Crippen LogP contribution in [0, 0.1) is 0 Å². The first-order valence-corrected chi connectivity index (χ1v) is 8.34. The van der Waals surface area contributed by atoms with Gasteiger partial charge in [0.15, 0.2) is 0 Å². The largest absolute Gasteiger partial charge is 0.497 e. The summed E-state index contributed by atoms with van der Waals surface area (Å²) < 4.78 is 10.6. The number of benzene rings is 3. The summed E-state index contributed by atoms with van der Waals surface area (Å²) in [7, 11) is 3.25. The van der Waals surface area contributed by atoms with Gasteiger partial charge in [-0.05, 0) is 23.3 Å². The number of hydrogen-bond acceptors (Lipinski definition) is 4. The van der Waals surface area contributed by atoms with Gasteiger partial charge in [-0.1, -0.05) is 48.5 Å². The van der Waals surface area contributed by atoms with Gasteiger partial charge in [-0.2, -0.15) is 5.10 Å². The van der Waals surface area contributed by atoms with E-state index in [1.165, 1.54) is 11.1 Å². The predicted octanol–water partition coefficient (Wildman–Crippen LogP) is 4.56. The van der Waals surface area contributed by atoms with Crippen LogP contribution in [0.15, 0.2) is 76.9 Å². The van der Waals surface area contributed by atoms with Crippen LogP contribution in [0.2, 0.25) is 0 Å². The van der Waals surface area contributed by atoms with E-state index in [4.69, 9.17) is 9.47 Å². The van der Waals surface area contributed by atoms with Gasteiger partial charge in [-0.25, -0.2) is 0 Å². The molecule has 0 saturated carbocycles. The van der Waals surface area contributed by atoms with Crippen LogP contribution in [-0.2, 0) is 0 Å². The summed E-state index contributed by atoms with van der Waals surface area (Å²) in [5.74, 6) is 1.43. The number of fused-ring (bicyclic) bond motifs is 3. The lowest BCUT2D eigenvalue weighted by Gasteiger charge is -2.06. The van der Waals surface area contributed by atoms with Crippen LogP contribution in [0.4, 0.5) is 0 Å². The Morgan fingerprint density at radius 2 is 1.35 bits per heavy atom. The first-order chi connectivity index (χ1) is 12.8. The predicted molar refractivity (Wildman–Crippen MR) is 105 cm³/mol. The van der Waals surface area contributed by atoms with Crippen LogP contribution in [0.25, 0.3) is 11.1 Å². The molecule has 3 aromatic carbocycles. The van der Waals surface area contributed by atoms with Gasteiger partial charge in [0, 0.05) is 22.8 Å². The molecule has 3 aromatic rings. The molecule has 4 heteroatoms. The zero-order valence-corrected chi connectivity index (χ0v) is 14.6. The molecule has 26 heavy (non-hydrogen) atoms. The smallest absolute Gasteiger partial charge is 0.131 e. The summed E-state index contributed by atoms with van der Waals surface area (Å²) in [6, 6.07) is 22.1. The highest BCUT2D eigenvalue weighted by molar-refractivity contribution is 6.24. The van der Waals surface area contributed by atoms with Gasteiger partial charge in [-0.15, -0.1) is 5.10 Å². The van der Waals surface area contributed by atoms with Crippen molar-refractivity contribution in [1.82, 2.24) is 0 Å². The highest BCUT2D eigenvalue weighted by Gasteiger charge is 2.23. The van der Waals surface area contributed by atoms with E-state index in [2.05, 4.69) is 34.5 Å². The number of nitrogens with zero attached hydrogens (tertiary/aromatic N) is 2. The Morgan fingerprint density at radius 3 is 1.92 bits per heavy atom. The third-order valence-corrected chi connectivity index (χ3v) is 4.45. The van der Waals surface area contributed by atoms with E-state index >= 15 is 0 Å². The molecule has 4 rings (SSSR count). The third kappa shape index (κ3) is 2.75. The van der Waals surface area contributed by atoms with Crippen molar-refractivity contribution in [2.75, 3.05) is 14.2 Å². The van der Waals surface area contributed by atoms with Gasteiger partial charge in [-0.3, -0.25) is 0 Å². The molecule has 0 bridgehead atoms. The maximum Gasteiger partial charge on any atom is 0.131 e. The second-order valence-corrected chi connectivity index (χ2v) is 5.89. The molecule has 128 valence electrons. The molecule has 0 saturated heterocycles. The highest BCUT2D eigenvalue weighted by atomic mass is 16.5. The Balaban J connectivity index is 1.73. The van der Waals surface area contributed by atoms with Gasteiger partial charge in [0.2, 0.25) is 0 Å². The van der Waals surface area contributed by atoms with E-state index in [0.29, 0.717) is 5.75 Å². The van der Waals surface area contributed by atoms with E-state index in [1.54, 1.807) is 20.4 Å². The topological polar surface area (TPSA) is 43.2 Å². The second kappa shape index (κ2) is 6.84. The second-order valence-electron chi connectivity index (χ2n) is 5.89. The molecule has 0 aliphatic heterocycles. The Hall–Kier alpha value is -3.40. The normalized spacial score (nSPS) is 12.0. The van der Waals surface area contributed by atoms with Gasteiger partial charge in [0.25, 0.3) is 0 Å². The fourth-order valence-corrected chi connectivity index (χ4v) is 3.18. The first-order valence-electron chi connectivity index (χ1n) is 8.34. The quantitative estimate of drug-likeness (QED) is 0.403. The molecule has 0 amide bonds. The van der Waals surface area contributed by atoms with E-state index in [1.807, 2.05) is 42.5 Å². The molecule has 1 aliphatic carbocycles. The first kappa shape index (κ1) is 16.1. The number of methoxy groups -OCH3 is 2. The van der Waals surface area contributed by atoms with Crippen LogP contribution in [-0.4, -0.2) is 26.1 Å². The van der Waals surface area contributed by atoms with E-state index < -0.39 is 0 Å². The van der Waals surface area contributed by atoms with Gasteiger partial charge in [0.05, 0.1) is 20.4 Å². The molecule has 0 heterocycles. The van der Waals surface area contributed by atoms with Crippen LogP contribution >= 0.6 is 0 Å². The van der Waals surface area contributed by atoms with E-state index in [9.17, 15) is 0 Å². The molecular formula is C22H18N2O2. The van der Waals surface area contributed by atoms with Crippen LogP contribution in [0.1, 0.15) is 16.7 Å². The van der Waals surface area contributed by atoms with Crippen molar-refractivity contribution >= 4 is 11.9 Å². The molecule has 0 radical (unpaired) electrons. The summed E-state index contributed by atoms with van der Waals surface area (Å²) in [6.07, 6.45) is 1.70. The lowest BCUT2D eigenvalue weighted by molar-refractivity contribution is 0.394. The fraction of sp³-hybridized carbons (Fsp3) is 0.0909. The van der Waals surface area contributed by atoms with Crippen molar-refractivity contribution in [3.8, 4) is 22.6 Å². The van der Waals surface area contributed by atoms with Crippen molar-refractivity contribution in [3.63, 3.8) is 0 Å². The van der Waals surface area contributed by atoms with Crippen molar-refractivity contribution in [2.45, 2.75) is 0 Å². The minimum Gasteiger partial charge on any atom is -0.497 e. The molecule has 0 atom stereocenters. The summed E-state index contributed by atoms with van der Waals surface area (Å²) in [5, 5.41) is 8.85. The summed E-state index contributed by atoms with van der Waals surface area (Å²) in [4.78, 5) is 0. The third-order valence-electron chi connectivity index (χ3n) is 4.45. The van der Waals surface area contributed by atoms with Crippen molar-refractivity contribution < 1.29 is 9.47 Å². The Labute approximate surface area is 152 Å². The van der Waals surface area contributed by atoms with Gasteiger partial charge in [0.1, 0.15) is 17.2 Å². The monoisotopic (exact) mass is 342 g/mol. The average molecular weight is 342 g/mol. The Bertz CT molecular complexity index is 975. The average Bonchev–Trinajstić information content (AvgIpc) is 3.02. The van der Waals surface area contributed by atoms with Gasteiger partial charge < -0.3 is 9.47 Å². The highest BCUT2D eigenvalue weighted by Crippen LogP contribution is 2.36. The SMILES string of the molecule is COc1ccc(C=NN=C2c3ccccc3-c3ccccc32)c(OC)c1. The minimum absolute atomic E-state index is 0.695. The molecule has 0 fully saturated rings. The van der Waals surface area contributed by atoms with Crippen molar-refractivity contribution in [2.24, 2.45) is 10.2 Å². The minimum atomic E-state index is 0.695. The maximum atomic E-state index is 5.40. The molecular weight excluding hydrogens is 324 g/mol. The molecule has 0 N–H and O–H groups in total. The summed E-state index contributed by atoms with van der Waals surface area (Å²) in [6.45, 7) is 0. The number of ether oxygens (including phenoxy) is 2. The zero-order valence-electron chi connectivity index (χ0n) is 14.6. The van der Waals surface area contributed by atoms with Crippen LogP contribution in [0.5, 0.6) is 11.5 Å². The number of hydrogen-bond donors (Lipinski definition) is 0. The summed E-state index contributed by atoms with van der Waals surface area (Å²) in [5.41, 5.74) is 6.33. The van der Waals surface area contributed by atoms with Crippen molar-refractivity contribution in [3.05, 3.63) is 83.4 Å². The zero-order chi connectivity index (χ0) is 17.9. The maximum absolute atomic E-state index is 5.40. The van der Waals surface area contributed by atoms with E-state index in [-0.39, 0.29) is 0 Å². The van der Waals surface area contributed by atoms with Crippen molar-refractivity contribution in [1.29, 1.82) is 0 Å². The molecule has 0 aromatic heterocycles.